The molecule has 6 nitrogen and oxygen atoms in total. The van der Waals surface area contributed by atoms with E-state index in [0.717, 1.165) is 10.9 Å². The first-order chi connectivity index (χ1) is 14.8. The number of halogens is 4. The average Bonchev–Trinajstić information content (AvgIpc) is 3.32. The van der Waals surface area contributed by atoms with Crippen LogP contribution in [0.25, 0.3) is 27.2 Å². The summed E-state index contributed by atoms with van der Waals surface area (Å²) >= 11 is 3.33. The number of nitrogens with zero attached hydrogens (tertiary/aromatic N) is 5. The Bertz CT molecular complexity index is 1300. The Hall–Kier alpha value is -3.19. The lowest BCUT2D eigenvalue weighted by Crippen LogP contribution is -2.07. The van der Waals surface area contributed by atoms with Gasteiger partial charge in [-0.05, 0) is 40.5 Å². The largest absolute Gasteiger partial charge is 0.419 e. The van der Waals surface area contributed by atoms with Crippen molar-refractivity contribution in [3.05, 3.63) is 69.7 Å². The molecule has 4 rings (SSSR count). The molecule has 158 valence electrons. The molecule has 0 N–H and O–H groups in total. The monoisotopic (exact) mass is 489 g/mol. The molecular weight excluding hydrogens is 475 g/mol. The standard InChI is InChI=1S/C21H15BrF3N5O/c1-3-4-14-8-15-17(6-5-16(26-2)19(15)21(23,24)25)30(14)11-18-28-29-20(31-18)12-7-13(22)10-27-9-12/h5-10H,3-4,11H2,1H3. The van der Waals surface area contributed by atoms with Gasteiger partial charge in [0.05, 0.1) is 17.7 Å². The molecule has 0 aliphatic carbocycles. The first-order valence-corrected chi connectivity index (χ1v) is 10.1. The summed E-state index contributed by atoms with van der Waals surface area (Å²) in [6.07, 6.45) is -0.126. The summed E-state index contributed by atoms with van der Waals surface area (Å²) in [6.45, 7) is 9.20. The molecule has 0 spiro atoms. The van der Waals surface area contributed by atoms with E-state index in [1.807, 2.05) is 6.92 Å². The molecule has 3 aromatic heterocycles. The SMILES string of the molecule is [C-]#[N+]c1ccc2c(cc(CCC)n2Cc2nnc(-c3cncc(Br)c3)o2)c1C(F)(F)F. The van der Waals surface area contributed by atoms with Crippen LogP contribution < -0.4 is 0 Å². The van der Waals surface area contributed by atoms with E-state index in [1.54, 1.807) is 23.0 Å². The van der Waals surface area contributed by atoms with E-state index < -0.39 is 17.4 Å². The summed E-state index contributed by atoms with van der Waals surface area (Å²) in [7, 11) is 0. The highest BCUT2D eigenvalue weighted by atomic mass is 79.9. The molecule has 4 aromatic rings. The highest BCUT2D eigenvalue weighted by Crippen LogP contribution is 2.42. The number of hydrogen-bond donors (Lipinski definition) is 0. The van der Waals surface area contributed by atoms with E-state index >= 15 is 0 Å². The van der Waals surface area contributed by atoms with E-state index in [1.165, 1.54) is 18.2 Å². The normalized spacial score (nSPS) is 11.7. The molecule has 0 unspecified atom stereocenters. The van der Waals surface area contributed by atoms with E-state index in [0.29, 0.717) is 23.2 Å². The summed E-state index contributed by atoms with van der Waals surface area (Å²) in [5.41, 5.74) is 0.367. The van der Waals surface area contributed by atoms with Crippen LogP contribution in [0.4, 0.5) is 18.9 Å². The first-order valence-electron chi connectivity index (χ1n) is 9.35. The number of benzene rings is 1. The average molecular weight is 490 g/mol. The van der Waals surface area contributed by atoms with E-state index in [9.17, 15) is 13.2 Å². The zero-order valence-corrected chi connectivity index (χ0v) is 17.8. The summed E-state index contributed by atoms with van der Waals surface area (Å²) in [5, 5.41) is 8.10. The zero-order valence-electron chi connectivity index (χ0n) is 16.2. The maximum Gasteiger partial charge on any atom is 0.408 e. The van der Waals surface area contributed by atoms with Crippen molar-refractivity contribution in [1.82, 2.24) is 19.7 Å². The Morgan fingerprint density at radius 3 is 2.68 bits per heavy atom. The number of pyridine rings is 1. The quantitative estimate of drug-likeness (QED) is 0.303. The number of fused-ring (bicyclic) bond motifs is 1. The summed E-state index contributed by atoms with van der Waals surface area (Å²) in [5.74, 6) is 0.524. The summed E-state index contributed by atoms with van der Waals surface area (Å²) in [4.78, 5) is 7.13. The molecule has 0 saturated carbocycles. The fourth-order valence-corrected chi connectivity index (χ4v) is 3.88. The van der Waals surface area contributed by atoms with Crippen LogP contribution >= 0.6 is 15.9 Å². The van der Waals surface area contributed by atoms with Crippen molar-refractivity contribution in [1.29, 1.82) is 0 Å². The van der Waals surface area contributed by atoms with Gasteiger partial charge in [-0.2, -0.15) is 13.2 Å². The van der Waals surface area contributed by atoms with Crippen LogP contribution in [-0.2, 0) is 19.1 Å². The van der Waals surface area contributed by atoms with Crippen molar-refractivity contribution < 1.29 is 17.6 Å². The molecule has 0 saturated heterocycles. The smallest absolute Gasteiger partial charge is 0.408 e. The van der Waals surface area contributed by atoms with Gasteiger partial charge in [-0.25, -0.2) is 4.85 Å². The van der Waals surface area contributed by atoms with Crippen LogP contribution in [0, 0.1) is 6.57 Å². The van der Waals surface area contributed by atoms with Crippen molar-refractivity contribution in [2.75, 3.05) is 0 Å². The van der Waals surface area contributed by atoms with Crippen LogP contribution in [0.2, 0.25) is 0 Å². The van der Waals surface area contributed by atoms with Gasteiger partial charge in [0.15, 0.2) is 5.69 Å². The lowest BCUT2D eigenvalue weighted by molar-refractivity contribution is -0.135. The lowest BCUT2D eigenvalue weighted by atomic mass is 10.1. The second kappa shape index (κ2) is 8.15. The fourth-order valence-electron chi connectivity index (χ4n) is 3.52. The van der Waals surface area contributed by atoms with Gasteiger partial charge < -0.3 is 8.98 Å². The fraction of sp³-hybridized carbons (Fsp3) is 0.238. The van der Waals surface area contributed by atoms with Crippen molar-refractivity contribution in [3.63, 3.8) is 0 Å². The molecule has 0 radical (unpaired) electrons. The van der Waals surface area contributed by atoms with Crippen molar-refractivity contribution >= 4 is 32.5 Å². The number of alkyl halides is 3. The molecule has 3 heterocycles. The summed E-state index contributed by atoms with van der Waals surface area (Å²) in [6, 6.07) is 6.02. The third kappa shape index (κ3) is 4.05. The van der Waals surface area contributed by atoms with Crippen LogP contribution in [0.1, 0.15) is 30.5 Å². The van der Waals surface area contributed by atoms with Crippen molar-refractivity contribution in [3.8, 4) is 11.5 Å². The van der Waals surface area contributed by atoms with E-state index in [2.05, 4.69) is 36.0 Å². The zero-order chi connectivity index (χ0) is 22.2. The maximum absolute atomic E-state index is 13.7. The number of rotatable bonds is 5. The van der Waals surface area contributed by atoms with Gasteiger partial charge in [0.1, 0.15) is 6.54 Å². The van der Waals surface area contributed by atoms with Gasteiger partial charge in [0.25, 0.3) is 0 Å². The third-order valence-electron chi connectivity index (χ3n) is 4.77. The van der Waals surface area contributed by atoms with Gasteiger partial charge in [0, 0.05) is 33.5 Å². The highest BCUT2D eigenvalue weighted by molar-refractivity contribution is 9.10. The van der Waals surface area contributed by atoms with Crippen LogP contribution in [0.3, 0.4) is 0 Å². The number of hydrogen-bond acceptors (Lipinski definition) is 4. The van der Waals surface area contributed by atoms with Gasteiger partial charge >= 0.3 is 6.18 Å². The Morgan fingerprint density at radius 2 is 2.00 bits per heavy atom. The number of aryl methyl sites for hydroxylation is 1. The Kier molecular flexibility index (Phi) is 5.54. The van der Waals surface area contributed by atoms with E-state index in [4.69, 9.17) is 11.0 Å². The molecule has 0 bridgehead atoms. The minimum Gasteiger partial charge on any atom is -0.419 e. The molecule has 0 fully saturated rings. The van der Waals surface area contributed by atoms with Crippen molar-refractivity contribution in [2.45, 2.75) is 32.5 Å². The molecule has 31 heavy (non-hydrogen) atoms. The maximum atomic E-state index is 13.7. The van der Waals surface area contributed by atoms with Crippen LogP contribution in [-0.4, -0.2) is 19.7 Å². The molecule has 10 heteroatoms. The molecule has 0 aliphatic heterocycles. The molecule has 0 aliphatic rings. The third-order valence-corrected chi connectivity index (χ3v) is 5.20. The van der Waals surface area contributed by atoms with Crippen LogP contribution in [0.5, 0.6) is 0 Å². The Morgan fingerprint density at radius 1 is 1.19 bits per heavy atom. The second-order valence-electron chi connectivity index (χ2n) is 6.87. The first kappa shape index (κ1) is 21.1. The Labute approximate surface area is 183 Å². The predicted molar refractivity (Wildman–Crippen MR) is 112 cm³/mol. The lowest BCUT2D eigenvalue weighted by Gasteiger charge is -2.12. The van der Waals surface area contributed by atoms with Gasteiger partial charge in [0.2, 0.25) is 11.8 Å². The van der Waals surface area contributed by atoms with Gasteiger partial charge in [-0.3, -0.25) is 4.98 Å². The van der Waals surface area contributed by atoms with E-state index in [-0.39, 0.29) is 23.7 Å². The molecule has 0 amide bonds. The topological polar surface area (TPSA) is 61.1 Å². The van der Waals surface area contributed by atoms with Crippen molar-refractivity contribution in [2.24, 2.45) is 0 Å². The Balaban J connectivity index is 1.81. The molecular formula is C21H15BrF3N5O. The van der Waals surface area contributed by atoms with Gasteiger partial charge in [-0.15, -0.1) is 10.2 Å². The number of aromatic nitrogens is 4. The molecule has 0 atom stereocenters. The molecule has 1 aromatic carbocycles. The summed E-state index contributed by atoms with van der Waals surface area (Å²) < 4.78 is 49.5. The predicted octanol–water partition coefficient (Wildman–Crippen LogP) is 6.42. The second-order valence-corrected chi connectivity index (χ2v) is 7.78. The minimum atomic E-state index is -4.64. The van der Waals surface area contributed by atoms with Gasteiger partial charge in [-0.1, -0.05) is 19.4 Å². The van der Waals surface area contributed by atoms with Crippen LogP contribution in [0.15, 0.2) is 45.5 Å². The highest BCUT2D eigenvalue weighted by Gasteiger charge is 2.36. The minimum absolute atomic E-state index is 0.000351.